The minimum absolute atomic E-state index is 0.0625. The van der Waals surface area contributed by atoms with Gasteiger partial charge in [-0.2, -0.15) is 0 Å². The Morgan fingerprint density at radius 2 is 2.21 bits per heavy atom. The van der Waals surface area contributed by atoms with E-state index in [2.05, 4.69) is 5.32 Å². The summed E-state index contributed by atoms with van der Waals surface area (Å²) in [6.45, 7) is 4.19. The minimum atomic E-state index is -0.645. The minimum Gasteiger partial charge on any atom is -0.388 e. The van der Waals surface area contributed by atoms with Gasteiger partial charge in [-0.3, -0.25) is 4.79 Å². The zero-order valence-corrected chi connectivity index (χ0v) is 8.88. The van der Waals surface area contributed by atoms with Gasteiger partial charge < -0.3 is 15.2 Å². The summed E-state index contributed by atoms with van der Waals surface area (Å²) in [5, 5.41) is 12.3. The molecule has 2 N–H and O–H groups in total. The third kappa shape index (κ3) is 3.64. The van der Waals surface area contributed by atoms with Gasteiger partial charge in [0.05, 0.1) is 11.7 Å². The Bertz CT molecular complexity index is 200. The topological polar surface area (TPSA) is 58.6 Å². The van der Waals surface area contributed by atoms with Gasteiger partial charge in [0.15, 0.2) is 0 Å². The Morgan fingerprint density at radius 1 is 1.57 bits per heavy atom. The molecule has 14 heavy (non-hydrogen) atoms. The van der Waals surface area contributed by atoms with Crippen molar-refractivity contribution < 1.29 is 14.6 Å². The van der Waals surface area contributed by atoms with Crippen molar-refractivity contribution >= 4 is 5.91 Å². The van der Waals surface area contributed by atoms with E-state index in [0.717, 1.165) is 19.3 Å². The van der Waals surface area contributed by atoms with E-state index < -0.39 is 5.60 Å². The van der Waals surface area contributed by atoms with Crippen molar-refractivity contribution in [3.8, 4) is 0 Å². The molecule has 0 aromatic heterocycles. The molecule has 1 amide bonds. The summed E-state index contributed by atoms with van der Waals surface area (Å²) in [7, 11) is 0. The SMILES string of the molecule is CC(C)OCC(=O)NCC1(O)CCC1. The summed E-state index contributed by atoms with van der Waals surface area (Å²) >= 11 is 0. The van der Waals surface area contributed by atoms with Crippen molar-refractivity contribution in [2.45, 2.75) is 44.8 Å². The average molecular weight is 201 g/mol. The predicted octanol–water partition coefficient (Wildman–Crippen LogP) is 0.443. The van der Waals surface area contributed by atoms with Crippen molar-refractivity contribution in [1.82, 2.24) is 5.32 Å². The first-order chi connectivity index (χ1) is 6.52. The number of hydrogen-bond acceptors (Lipinski definition) is 3. The van der Waals surface area contributed by atoms with Crippen molar-refractivity contribution in [3.05, 3.63) is 0 Å². The molecule has 0 heterocycles. The molecule has 0 bridgehead atoms. The first-order valence-corrected chi connectivity index (χ1v) is 5.12. The lowest BCUT2D eigenvalue weighted by Crippen LogP contribution is -2.48. The standard InChI is InChI=1S/C10H19NO3/c1-8(2)14-6-9(12)11-7-10(13)4-3-5-10/h8,13H,3-7H2,1-2H3,(H,11,12). The summed E-state index contributed by atoms with van der Waals surface area (Å²) in [5.41, 5.74) is -0.645. The van der Waals surface area contributed by atoms with Crippen molar-refractivity contribution in [3.63, 3.8) is 0 Å². The van der Waals surface area contributed by atoms with Crippen molar-refractivity contribution in [2.75, 3.05) is 13.2 Å². The van der Waals surface area contributed by atoms with Crippen molar-refractivity contribution in [1.29, 1.82) is 0 Å². The smallest absolute Gasteiger partial charge is 0.246 e. The maximum Gasteiger partial charge on any atom is 0.246 e. The second kappa shape index (κ2) is 4.75. The van der Waals surface area contributed by atoms with Crippen LogP contribution in [0.2, 0.25) is 0 Å². The zero-order chi connectivity index (χ0) is 10.6. The maximum atomic E-state index is 11.2. The highest BCUT2D eigenvalue weighted by Crippen LogP contribution is 2.30. The van der Waals surface area contributed by atoms with Gasteiger partial charge in [-0.05, 0) is 33.1 Å². The molecule has 0 radical (unpaired) electrons. The van der Waals surface area contributed by atoms with E-state index >= 15 is 0 Å². The molecule has 4 nitrogen and oxygen atoms in total. The number of aliphatic hydroxyl groups is 1. The summed E-state index contributed by atoms with van der Waals surface area (Å²) in [5.74, 6) is -0.154. The van der Waals surface area contributed by atoms with Gasteiger partial charge in [0.2, 0.25) is 5.91 Å². The second-order valence-electron chi connectivity index (χ2n) is 4.21. The second-order valence-corrected chi connectivity index (χ2v) is 4.21. The number of hydrogen-bond donors (Lipinski definition) is 2. The Balaban J connectivity index is 2.08. The van der Waals surface area contributed by atoms with Crippen LogP contribution in [-0.4, -0.2) is 35.9 Å². The van der Waals surface area contributed by atoms with Gasteiger partial charge in [0, 0.05) is 6.54 Å². The number of ether oxygens (including phenoxy) is 1. The molecule has 4 heteroatoms. The molecule has 82 valence electrons. The van der Waals surface area contributed by atoms with E-state index in [1.54, 1.807) is 0 Å². The molecule has 0 unspecified atom stereocenters. The Morgan fingerprint density at radius 3 is 2.64 bits per heavy atom. The van der Waals surface area contributed by atoms with Crippen LogP contribution in [0.25, 0.3) is 0 Å². The number of rotatable bonds is 5. The molecule has 1 aliphatic carbocycles. The van der Waals surface area contributed by atoms with Gasteiger partial charge in [-0.1, -0.05) is 0 Å². The third-order valence-electron chi connectivity index (χ3n) is 2.45. The summed E-state index contributed by atoms with van der Waals surface area (Å²) in [6, 6.07) is 0. The molecule has 1 saturated carbocycles. The monoisotopic (exact) mass is 201 g/mol. The van der Waals surface area contributed by atoms with Gasteiger partial charge in [0.1, 0.15) is 6.61 Å². The van der Waals surface area contributed by atoms with Gasteiger partial charge in [-0.25, -0.2) is 0 Å². The fraction of sp³-hybridized carbons (Fsp3) is 0.900. The van der Waals surface area contributed by atoms with E-state index in [0.29, 0.717) is 6.54 Å². The lowest BCUT2D eigenvalue weighted by Gasteiger charge is -2.36. The van der Waals surface area contributed by atoms with E-state index in [4.69, 9.17) is 4.74 Å². The quantitative estimate of drug-likeness (QED) is 0.678. The van der Waals surface area contributed by atoms with Crippen molar-refractivity contribution in [2.24, 2.45) is 0 Å². The van der Waals surface area contributed by atoms with E-state index in [-0.39, 0.29) is 18.6 Å². The lowest BCUT2D eigenvalue weighted by atomic mass is 9.80. The molecule has 0 spiro atoms. The largest absolute Gasteiger partial charge is 0.388 e. The highest BCUT2D eigenvalue weighted by molar-refractivity contribution is 5.77. The maximum absolute atomic E-state index is 11.2. The van der Waals surface area contributed by atoms with Crippen LogP contribution >= 0.6 is 0 Å². The van der Waals surface area contributed by atoms with Crippen LogP contribution in [0, 0.1) is 0 Å². The molecule has 1 fully saturated rings. The average Bonchev–Trinajstić information content (AvgIpc) is 2.08. The fourth-order valence-electron chi connectivity index (χ4n) is 1.32. The van der Waals surface area contributed by atoms with Crippen LogP contribution in [0.1, 0.15) is 33.1 Å². The zero-order valence-electron chi connectivity index (χ0n) is 8.88. The summed E-state index contributed by atoms with van der Waals surface area (Å²) in [6.07, 6.45) is 2.69. The third-order valence-corrected chi connectivity index (χ3v) is 2.45. The molecular weight excluding hydrogens is 182 g/mol. The van der Waals surface area contributed by atoms with Crippen LogP contribution in [0.3, 0.4) is 0 Å². The fourth-order valence-corrected chi connectivity index (χ4v) is 1.32. The lowest BCUT2D eigenvalue weighted by molar-refractivity contribution is -0.129. The Labute approximate surface area is 84.6 Å². The number of amides is 1. The van der Waals surface area contributed by atoms with Gasteiger partial charge in [0.25, 0.3) is 0 Å². The van der Waals surface area contributed by atoms with Gasteiger partial charge in [-0.15, -0.1) is 0 Å². The summed E-state index contributed by atoms with van der Waals surface area (Å²) < 4.78 is 5.13. The van der Waals surface area contributed by atoms with E-state index in [9.17, 15) is 9.90 Å². The first-order valence-electron chi connectivity index (χ1n) is 5.12. The molecule has 1 rings (SSSR count). The molecular formula is C10H19NO3. The Hall–Kier alpha value is -0.610. The van der Waals surface area contributed by atoms with Crippen LogP contribution in [0.4, 0.5) is 0 Å². The molecule has 0 aromatic carbocycles. The Kier molecular flexibility index (Phi) is 3.89. The molecule has 0 aliphatic heterocycles. The van der Waals surface area contributed by atoms with Gasteiger partial charge >= 0.3 is 0 Å². The highest BCUT2D eigenvalue weighted by Gasteiger charge is 2.34. The number of nitrogens with one attached hydrogen (secondary N) is 1. The van der Waals surface area contributed by atoms with Crippen LogP contribution in [-0.2, 0) is 9.53 Å². The van der Waals surface area contributed by atoms with E-state index in [1.807, 2.05) is 13.8 Å². The molecule has 1 aliphatic rings. The van der Waals surface area contributed by atoms with Crippen LogP contribution in [0.5, 0.6) is 0 Å². The van der Waals surface area contributed by atoms with E-state index in [1.165, 1.54) is 0 Å². The van der Waals surface area contributed by atoms with Crippen LogP contribution in [0.15, 0.2) is 0 Å². The molecule has 0 saturated heterocycles. The first kappa shape index (κ1) is 11.5. The number of carbonyl (C=O) groups is 1. The molecule has 0 aromatic rings. The normalized spacial score (nSPS) is 19.1. The van der Waals surface area contributed by atoms with Crippen LogP contribution < -0.4 is 5.32 Å². The summed E-state index contributed by atoms with van der Waals surface area (Å²) in [4.78, 5) is 11.2. The highest BCUT2D eigenvalue weighted by atomic mass is 16.5. The predicted molar refractivity (Wildman–Crippen MR) is 52.9 cm³/mol. The molecule has 0 atom stereocenters. The number of carbonyl (C=O) groups excluding carboxylic acids is 1.